The van der Waals surface area contributed by atoms with E-state index >= 15 is 0 Å². The van der Waals surface area contributed by atoms with E-state index in [1.807, 2.05) is 0 Å². The predicted octanol–water partition coefficient (Wildman–Crippen LogP) is 1.80. The van der Waals surface area contributed by atoms with Gasteiger partial charge in [0.25, 0.3) is 0 Å². The van der Waals surface area contributed by atoms with E-state index in [1.54, 1.807) is 12.1 Å². The molecule has 1 unspecified atom stereocenters. The van der Waals surface area contributed by atoms with Gasteiger partial charge in [-0.25, -0.2) is 9.37 Å². The molecule has 2 aromatic rings. The van der Waals surface area contributed by atoms with Gasteiger partial charge < -0.3 is 5.11 Å². The van der Waals surface area contributed by atoms with Crippen molar-refractivity contribution in [2.45, 2.75) is 12.8 Å². The minimum Gasteiger partial charge on any atom is -0.481 e. The third-order valence-corrected chi connectivity index (χ3v) is 2.37. The molecule has 2 rings (SSSR count). The zero-order valence-electron chi connectivity index (χ0n) is 9.01. The van der Waals surface area contributed by atoms with E-state index in [0.29, 0.717) is 5.56 Å². The number of nitrogens with one attached hydrogen (secondary N) is 1. The summed E-state index contributed by atoms with van der Waals surface area (Å²) in [6, 6.07) is 5.80. The summed E-state index contributed by atoms with van der Waals surface area (Å²) in [4.78, 5) is 14.8. The molecular formula is C11H10FN3O2. The Morgan fingerprint density at radius 2 is 2.29 bits per heavy atom. The Hall–Kier alpha value is -2.24. The van der Waals surface area contributed by atoms with Crippen LogP contribution < -0.4 is 0 Å². The Bertz CT molecular complexity index is 553. The van der Waals surface area contributed by atoms with Crippen LogP contribution in [0.3, 0.4) is 0 Å². The summed E-state index contributed by atoms with van der Waals surface area (Å²) in [6.07, 6.45) is 0. The number of benzene rings is 1. The zero-order valence-corrected chi connectivity index (χ0v) is 9.01. The third-order valence-electron chi connectivity index (χ3n) is 2.37. The maximum atomic E-state index is 13.0. The number of carboxylic acids is 1. The molecular weight excluding hydrogens is 225 g/mol. The summed E-state index contributed by atoms with van der Waals surface area (Å²) < 4.78 is 13.0. The molecule has 0 saturated carbocycles. The lowest BCUT2D eigenvalue weighted by Gasteiger charge is -1.99. The molecule has 0 radical (unpaired) electrons. The average Bonchev–Trinajstić information content (AvgIpc) is 2.77. The monoisotopic (exact) mass is 235 g/mol. The highest BCUT2D eigenvalue weighted by Gasteiger charge is 2.18. The van der Waals surface area contributed by atoms with Crippen molar-refractivity contribution >= 4 is 5.97 Å². The minimum absolute atomic E-state index is 0.247. The highest BCUT2D eigenvalue weighted by Crippen LogP contribution is 2.18. The van der Waals surface area contributed by atoms with Gasteiger partial charge in [0.15, 0.2) is 5.82 Å². The first-order chi connectivity index (χ1) is 8.08. The van der Waals surface area contributed by atoms with Gasteiger partial charge in [0, 0.05) is 5.56 Å². The molecule has 0 aliphatic carbocycles. The second-order valence-corrected chi connectivity index (χ2v) is 3.61. The van der Waals surface area contributed by atoms with E-state index in [1.165, 1.54) is 19.1 Å². The van der Waals surface area contributed by atoms with E-state index in [0.717, 1.165) is 0 Å². The lowest BCUT2D eigenvalue weighted by atomic mass is 10.2. The van der Waals surface area contributed by atoms with Crippen LogP contribution in [0.2, 0.25) is 0 Å². The van der Waals surface area contributed by atoms with Crippen molar-refractivity contribution < 1.29 is 14.3 Å². The van der Waals surface area contributed by atoms with Crippen LogP contribution in [0.5, 0.6) is 0 Å². The Balaban J connectivity index is 2.33. The smallest absolute Gasteiger partial charge is 0.313 e. The number of carbonyl (C=O) groups is 1. The van der Waals surface area contributed by atoms with E-state index < -0.39 is 11.9 Å². The summed E-state index contributed by atoms with van der Waals surface area (Å²) in [7, 11) is 0. The largest absolute Gasteiger partial charge is 0.481 e. The molecule has 0 aliphatic rings. The van der Waals surface area contributed by atoms with Crippen molar-refractivity contribution in [3.63, 3.8) is 0 Å². The van der Waals surface area contributed by atoms with Crippen molar-refractivity contribution in [1.82, 2.24) is 15.2 Å². The predicted molar refractivity (Wildman–Crippen MR) is 57.8 cm³/mol. The Kier molecular flexibility index (Phi) is 2.86. The fraction of sp³-hybridized carbons (Fsp3) is 0.182. The van der Waals surface area contributed by atoms with Gasteiger partial charge in [-0.3, -0.25) is 9.89 Å². The zero-order chi connectivity index (χ0) is 12.4. The Morgan fingerprint density at radius 1 is 1.53 bits per heavy atom. The molecule has 2 N–H and O–H groups in total. The van der Waals surface area contributed by atoms with E-state index in [2.05, 4.69) is 15.2 Å². The molecule has 1 atom stereocenters. The molecule has 0 fully saturated rings. The SMILES string of the molecule is CC(C(=O)O)c1nc(-c2cccc(F)c2)n[nH]1. The van der Waals surface area contributed by atoms with Crippen LogP contribution in [0.15, 0.2) is 24.3 Å². The molecule has 88 valence electrons. The maximum absolute atomic E-state index is 13.0. The van der Waals surface area contributed by atoms with Gasteiger partial charge in [0.1, 0.15) is 17.6 Å². The fourth-order valence-electron chi connectivity index (χ4n) is 1.34. The highest BCUT2D eigenvalue weighted by atomic mass is 19.1. The first-order valence-corrected chi connectivity index (χ1v) is 4.99. The number of carboxylic acid groups (broad SMARTS) is 1. The van der Waals surface area contributed by atoms with Crippen molar-refractivity contribution in [3.8, 4) is 11.4 Å². The molecule has 1 heterocycles. The number of aromatic nitrogens is 3. The van der Waals surface area contributed by atoms with Gasteiger partial charge in [-0.15, -0.1) is 0 Å². The summed E-state index contributed by atoms with van der Waals surface area (Å²) >= 11 is 0. The number of aliphatic carboxylic acids is 1. The number of rotatable bonds is 3. The number of H-pyrrole nitrogens is 1. The molecule has 1 aromatic carbocycles. The quantitative estimate of drug-likeness (QED) is 0.850. The highest BCUT2D eigenvalue weighted by molar-refractivity contribution is 5.74. The standard InChI is InChI=1S/C11H10FN3O2/c1-6(11(16)17)9-13-10(15-14-9)7-3-2-4-8(12)5-7/h2-6H,1H3,(H,16,17)(H,13,14,15). The van der Waals surface area contributed by atoms with Crippen LogP contribution in [-0.4, -0.2) is 26.3 Å². The van der Waals surface area contributed by atoms with E-state index in [4.69, 9.17) is 5.11 Å². The minimum atomic E-state index is -0.994. The van der Waals surface area contributed by atoms with E-state index in [-0.39, 0.29) is 17.5 Å². The number of hydrogen-bond donors (Lipinski definition) is 2. The van der Waals surface area contributed by atoms with Crippen LogP contribution in [-0.2, 0) is 4.79 Å². The van der Waals surface area contributed by atoms with Crippen molar-refractivity contribution in [2.75, 3.05) is 0 Å². The van der Waals surface area contributed by atoms with Crippen molar-refractivity contribution in [2.24, 2.45) is 0 Å². The van der Waals surface area contributed by atoms with Crippen molar-refractivity contribution in [3.05, 3.63) is 35.9 Å². The summed E-state index contributed by atoms with van der Waals surface area (Å²) in [5.74, 6) is -1.62. The van der Waals surface area contributed by atoms with Crippen molar-refractivity contribution in [1.29, 1.82) is 0 Å². The van der Waals surface area contributed by atoms with Gasteiger partial charge in [-0.1, -0.05) is 12.1 Å². The summed E-state index contributed by atoms with van der Waals surface area (Å²) in [6.45, 7) is 1.50. The molecule has 0 amide bonds. The molecule has 5 nitrogen and oxygen atoms in total. The third kappa shape index (κ3) is 2.30. The maximum Gasteiger partial charge on any atom is 0.313 e. The van der Waals surface area contributed by atoms with Crippen LogP contribution in [0.25, 0.3) is 11.4 Å². The molecule has 6 heteroatoms. The molecule has 0 spiro atoms. The first kappa shape index (κ1) is 11.3. The average molecular weight is 235 g/mol. The normalized spacial score (nSPS) is 12.4. The number of hydrogen-bond acceptors (Lipinski definition) is 3. The van der Waals surface area contributed by atoms with Gasteiger partial charge >= 0.3 is 5.97 Å². The van der Waals surface area contributed by atoms with Crippen LogP contribution >= 0.6 is 0 Å². The molecule has 1 aromatic heterocycles. The van der Waals surface area contributed by atoms with Gasteiger partial charge in [-0.05, 0) is 19.1 Å². The van der Waals surface area contributed by atoms with Crippen LogP contribution in [0, 0.1) is 5.82 Å². The summed E-state index contributed by atoms with van der Waals surface area (Å²) in [5.41, 5.74) is 0.505. The number of nitrogens with zero attached hydrogens (tertiary/aromatic N) is 2. The van der Waals surface area contributed by atoms with E-state index in [9.17, 15) is 9.18 Å². The Labute approximate surface area is 96.3 Å². The van der Waals surface area contributed by atoms with Gasteiger partial charge in [0.05, 0.1) is 0 Å². The summed E-state index contributed by atoms with van der Waals surface area (Å²) in [5, 5.41) is 15.2. The number of halogens is 1. The second kappa shape index (κ2) is 4.32. The molecule has 0 aliphatic heterocycles. The fourth-order valence-corrected chi connectivity index (χ4v) is 1.34. The van der Waals surface area contributed by atoms with Crippen LogP contribution in [0.4, 0.5) is 4.39 Å². The first-order valence-electron chi connectivity index (χ1n) is 4.99. The second-order valence-electron chi connectivity index (χ2n) is 3.61. The topological polar surface area (TPSA) is 78.9 Å². The molecule has 17 heavy (non-hydrogen) atoms. The van der Waals surface area contributed by atoms with Gasteiger partial charge in [0.2, 0.25) is 0 Å². The molecule has 0 bridgehead atoms. The lowest BCUT2D eigenvalue weighted by Crippen LogP contribution is -2.08. The molecule has 0 saturated heterocycles. The van der Waals surface area contributed by atoms with Gasteiger partial charge in [-0.2, -0.15) is 5.10 Å². The number of aromatic amines is 1. The lowest BCUT2D eigenvalue weighted by molar-refractivity contribution is -0.138. The Morgan fingerprint density at radius 3 is 2.94 bits per heavy atom. The van der Waals surface area contributed by atoms with Crippen LogP contribution in [0.1, 0.15) is 18.7 Å².